The Balaban J connectivity index is 0.737. The van der Waals surface area contributed by atoms with Gasteiger partial charge in [0.05, 0.1) is 35.3 Å². The van der Waals surface area contributed by atoms with Gasteiger partial charge in [-0.15, -0.1) is 0 Å². The second kappa shape index (κ2) is 16.8. The number of piperidine rings is 2. The zero-order valence-electron chi connectivity index (χ0n) is 34.9. The lowest BCUT2D eigenvalue weighted by molar-refractivity contribution is -0.136. The smallest absolute Gasteiger partial charge is 0.262 e. The molecule has 0 spiro atoms. The highest BCUT2D eigenvalue weighted by Gasteiger charge is 2.45. The molecule has 1 unspecified atom stereocenters. The van der Waals surface area contributed by atoms with Crippen LogP contribution < -0.4 is 20.0 Å². The van der Waals surface area contributed by atoms with Gasteiger partial charge in [0.2, 0.25) is 23.4 Å². The van der Waals surface area contributed by atoms with Crippen molar-refractivity contribution in [2.75, 3.05) is 73.6 Å². The van der Waals surface area contributed by atoms with Gasteiger partial charge in [-0.3, -0.25) is 44.1 Å². The van der Waals surface area contributed by atoms with E-state index in [2.05, 4.69) is 43.7 Å². The van der Waals surface area contributed by atoms with Crippen molar-refractivity contribution in [1.82, 2.24) is 30.0 Å². The largest absolute Gasteiger partial charge is 0.367 e. The van der Waals surface area contributed by atoms with Gasteiger partial charge in [0.1, 0.15) is 17.7 Å². The highest BCUT2D eigenvalue weighted by Crippen LogP contribution is 2.36. The summed E-state index contributed by atoms with van der Waals surface area (Å²) in [5.74, 6) is -1.60. The molecule has 320 valence electrons. The number of hydrogen-bond acceptors (Lipinski definition) is 11. The average Bonchev–Trinajstić information content (AvgIpc) is 3.51. The Morgan fingerprint density at radius 1 is 0.855 bits per heavy atom. The zero-order chi connectivity index (χ0) is 43.2. The van der Waals surface area contributed by atoms with Crippen LogP contribution >= 0.6 is 0 Å². The van der Waals surface area contributed by atoms with Crippen molar-refractivity contribution >= 4 is 63.3 Å². The van der Waals surface area contributed by atoms with Crippen LogP contribution in [0.2, 0.25) is 0 Å². The minimum absolute atomic E-state index is 0.00212. The maximum absolute atomic E-state index is 15.5. The molecule has 16 heteroatoms. The first-order chi connectivity index (χ1) is 30.0. The molecule has 3 atom stereocenters. The maximum Gasteiger partial charge on any atom is 0.262 e. The highest BCUT2D eigenvalue weighted by molar-refractivity contribution is 6.23. The molecule has 5 aliphatic rings. The molecule has 7 heterocycles. The van der Waals surface area contributed by atoms with Crippen molar-refractivity contribution in [3.05, 3.63) is 94.8 Å². The van der Waals surface area contributed by atoms with Gasteiger partial charge in [0.25, 0.3) is 11.8 Å². The molecule has 5 amide bonds. The molecule has 0 saturated carbocycles. The third kappa shape index (κ3) is 7.70. The molecular weight excluding hydrogens is 792 g/mol. The summed E-state index contributed by atoms with van der Waals surface area (Å²) in [6.07, 6.45) is 5.91. The quantitative estimate of drug-likeness (QED) is 0.199. The molecular formula is C46H49FN10O5. The molecule has 62 heavy (non-hydrogen) atoms. The lowest BCUT2D eigenvalue weighted by Gasteiger charge is -2.45. The molecule has 1 N–H and O–H groups in total. The Morgan fingerprint density at radius 3 is 2.32 bits per heavy atom. The Morgan fingerprint density at radius 2 is 1.61 bits per heavy atom. The van der Waals surface area contributed by atoms with Crippen LogP contribution in [-0.2, 0) is 20.8 Å². The van der Waals surface area contributed by atoms with Crippen LogP contribution in [0, 0.1) is 18.3 Å². The van der Waals surface area contributed by atoms with E-state index >= 15 is 4.39 Å². The number of nitrogens with zero attached hydrogens (tertiary/aromatic N) is 9. The minimum atomic E-state index is -1.10. The van der Waals surface area contributed by atoms with Gasteiger partial charge in [-0.25, -0.2) is 14.2 Å². The molecule has 0 radical (unpaired) electrons. The fraction of sp³-hybridized carbons (Fsp3) is 0.435. The third-order valence-electron chi connectivity index (χ3n) is 13.3. The number of benzene rings is 2. The van der Waals surface area contributed by atoms with Gasteiger partial charge in [-0.1, -0.05) is 18.2 Å². The summed E-state index contributed by atoms with van der Waals surface area (Å²) in [7, 11) is 0. The predicted octanol–water partition coefficient (Wildman–Crippen LogP) is 4.43. The lowest BCUT2D eigenvalue weighted by Crippen LogP contribution is -2.58. The fourth-order valence-electron chi connectivity index (χ4n) is 9.88. The average molecular weight is 841 g/mol. The van der Waals surface area contributed by atoms with E-state index in [1.165, 1.54) is 6.07 Å². The number of rotatable bonds is 8. The Hall–Kier alpha value is -6.47. The number of amides is 5. The summed E-state index contributed by atoms with van der Waals surface area (Å²) in [5, 5.41) is 3.13. The summed E-state index contributed by atoms with van der Waals surface area (Å²) >= 11 is 0. The number of carbonyl (C=O) groups is 5. The second-order valence-corrected chi connectivity index (χ2v) is 17.2. The molecule has 4 saturated heterocycles. The molecule has 0 bridgehead atoms. The van der Waals surface area contributed by atoms with E-state index in [0.717, 1.165) is 79.0 Å². The first kappa shape index (κ1) is 40.9. The standard InChI is InChI=1S/C46H49FN10O5/c1-28-26-56(29(2)25-55(28)37-8-7-36(48-3)43-32(37)5-4-14-49-43)42(59)21-31-6-10-40(50-24-31)54-15-12-30(13-16-54)27-52-17-19-53(20-18-52)39-23-34-33(22-35(39)47)45(61)57(46(34)62)38-9-11-41(58)51-44(38)60/h4-8,10,14,22-24,28-30,38H,9,11-13,15-21,25-27H2,1-2H3,(H,51,58,60)/t28-,29+,38?/m0/s1. The number of piperazine rings is 2. The SMILES string of the molecule is [C-]#[N+]c1ccc(N2C[C@@H](C)N(C(=O)Cc3ccc(N4CCC(CN5CCN(c6cc7c(cc6F)C(=O)N(C6CCC(=O)NC6=O)C7=O)CC5)CC4)nc3)C[C@@H]2C)c2cccnc12. The van der Waals surface area contributed by atoms with E-state index in [4.69, 9.17) is 11.6 Å². The van der Waals surface area contributed by atoms with Crippen LogP contribution in [-0.4, -0.2) is 131 Å². The van der Waals surface area contributed by atoms with Crippen LogP contribution in [0.3, 0.4) is 0 Å². The molecule has 5 aliphatic heterocycles. The number of nitrogens with one attached hydrogen (secondary N) is 1. The number of aromatic nitrogens is 2. The van der Waals surface area contributed by atoms with E-state index in [1.807, 2.05) is 52.4 Å². The predicted molar refractivity (Wildman–Crippen MR) is 231 cm³/mol. The van der Waals surface area contributed by atoms with Crippen LogP contribution in [0.4, 0.5) is 27.3 Å². The summed E-state index contributed by atoms with van der Waals surface area (Å²) < 4.78 is 15.5. The van der Waals surface area contributed by atoms with Gasteiger partial charge in [-0.05, 0) is 74.9 Å². The van der Waals surface area contributed by atoms with E-state index < -0.39 is 35.5 Å². The van der Waals surface area contributed by atoms with Crippen LogP contribution in [0.15, 0.2) is 60.9 Å². The number of fused-ring (bicyclic) bond motifs is 2. The third-order valence-corrected chi connectivity index (χ3v) is 13.3. The summed E-state index contributed by atoms with van der Waals surface area (Å²) in [6, 6.07) is 13.3. The Bertz CT molecular complexity index is 2490. The topological polar surface area (TPSA) is 147 Å². The zero-order valence-corrected chi connectivity index (χ0v) is 34.9. The molecule has 2 aromatic carbocycles. The van der Waals surface area contributed by atoms with Crippen molar-refractivity contribution in [2.24, 2.45) is 5.92 Å². The van der Waals surface area contributed by atoms with Crippen LogP contribution in [0.5, 0.6) is 0 Å². The minimum Gasteiger partial charge on any atom is -0.367 e. The van der Waals surface area contributed by atoms with Crippen molar-refractivity contribution < 1.29 is 28.4 Å². The first-order valence-electron chi connectivity index (χ1n) is 21.5. The van der Waals surface area contributed by atoms with E-state index in [-0.39, 0.29) is 54.1 Å². The second-order valence-electron chi connectivity index (χ2n) is 17.2. The summed E-state index contributed by atoms with van der Waals surface area (Å²) in [4.78, 5) is 88.9. The van der Waals surface area contributed by atoms with Crippen molar-refractivity contribution in [3.63, 3.8) is 0 Å². The normalized spacial score (nSPS) is 22.6. The van der Waals surface area contributed by atoms with Gasteiger partial charge in [-0.2, -0.15) is 0 Å². The molecule has 4 aromatic rings. The van der Waals surface area contributed by atoms with E-state index in [9.17, 15) is 24.0 Å². The molecule has 15 nitrogen and oxygen atoms in total. The lowest BCUT2D eigenvalue weighted by atomic mass is 9.95. The van der Waals surface area contributed by atoms with Gasteiger partial charge < -0.3 is 19.6 Å². The summed E-state index contributed by atoms with van der Waals surface area (Å²) in [5.41, 5.74) is 3.43. The van der Waals surface area contributed by atoms with Crippen LogP contribution in [0.1, 0.15) is 65.8 Å². The number of pyridine rings is 2. The molecule has 9 rings (SSSR count). The number of halogens is 1. The Labute approximate surface area is 359 Å². The van der Waals surface area contributed by atoms with Gasteiger partial charge >= 0.3 is 0 Å². The monoisotopic (exact) mass is 840 g/mol. The van der Waals surface area contributed by atoms with Gasteiger partial charge in [0, 0.05) is 101 Å². The first-order valence-corrected chi connectivity index (χ1v) is 21.5. The van der Waals surface area contributed by atoms with Crippen LogP contribution in [0.25, 0.3) is 15.7 Å². The van der Waals surface area contributed by atoms with Gasteiger partial charge in [0.15, 0.2) is 0 Å². The summed E-state index contributed by atoms with van der Waals surface area (Å²) in [6.45, 7) is 18.3. The maximum atomic E-state index is 15.5. The molecule has 2 aromatic heterocycles. The number of carbonyl (C=O) groups excluding carboxylic acids is 5. The molecule has 0 aliphatic carbocycles. The number of hydrogen-bond donors (Lipinski definition) is 1. The van der Waals surface area contributed by atoms with E-state index in [0.29, 0.717) is 43.3 Å². The Kier molecular flexibility index (Phi) is 11.1. The van der Waals surface area contributed by atoms with E-state index in [1.54, 1.807) is 6.20 Å². The fourth-order valence-corrected chi connectivity index (χ4v) is 9.88. The molecule has 4 fully saturated rings. The number of imide groups is 2. The van der Waals surface area contributed by atoms with Crippen molar-refractivity contribution in [1.29, 1.82) is 0 Å². The van der Waals surface area contributed by atoms with Crippen molar-refractivity contribution in [2.45, 2.75) is 64.1 Å². The highest BCUT2D eigenvalue weighted by atomic mass is 19.1. The van der Waals surface area contributed by atoms with Crippen molar-refractivity contribution in [3.8, 4) is 0 Å². The number of anilines is 3.